The molecule has 1 amide bonds. The van der Waals surface area contributed by atoms with Gasteiger partial charge in [0, 0.05) is 81.8 Å². The van der Waals surface area contributed by atoms with Crippen LogP contribution in [-0.4, -0.2) is 81.1 Å². The first-order chi connectivity index (χ1) is 20.0. The largest absolute Gasteiger partial charge is 0.338 e. The minimum Gasteiger partial charge on any atom is -0.338 e. The summed E-state index contributed by atoms with van der Waals surface area (Å²) in [6.07, 6.45) is 12.0. The van der Waals surface area contributed by atoms with Gasteiger partial charge in [0.1, 0.15) is 0 Å². The monoisotopic (exact) mass is 556 g/mol. The number of fused-ring (bicyclic) bond motifs is 2. The van der Waals surface area contributed by atoms with E-state index < -0.39 is 0 Å². The zero-order chi connectivity index (χ0) is 27.9. The van der Waals surface area contributed by atoms with Crippen molar-refractivity contribution in [1.29, 1.82) is 0 Å². The van der Waals surface area contributed by atoms with Gasteiger partial charge in [-0.3, -0.25) is 14.2 Å². The van der Waals surface area contributed by atoms with Crippen molar-refractivity contribution in [3.05, 3.63) is 47.4 Å². The number of aryl methyl sites for hydroxylation is 2. The Labute approximate surface area is 243 Å². The number of nitrogens with zero attached hydrogens (tertiary/aromatic N) is 7. The molecule has 1 N–H and O–H groups in total. The van der Waals surface area contributed by atoms with Crippen molar-refractivity contribution in [2.45, 2.75) is 64.5 Å². The number of carbonyl (C=O) groups excluding carboxylic acids is 1. The van der Waals surface area contributed by atoms with Crippen LogP contribution >= 0.6 is 0 Å². The van der Waals surface area contributed by atoms with Gasteiger partial charge in [0.25, 0.3) is 0 Å². The number of hydrogen-bond donors (Lipinski definition) is 1. The van der Waals surface area contributed by atoms with Gasteiger partial charge in [-0.25, -0.2) is 0 Å². The van der Waals surface area contributed by atoms with Gasteiger partial charge in [-0.2, -0.15) is 10.2 Å². The molecule has 0 atom stereocenters. The van der Waals surface area contributed by atoms with Crippen LogP contribution in [-0.2, 0) is 31.2 Å². The van der Waals surface area contributed by atoms with Crippen molar-refractivity contribution in [2.75, 3.05) is 50.7 Å². The zero-order valence-corrected chi connectivity index (χ0v) is 24.7. The van der Waals surface area contributed by atoms with Crippen molar-refractivity contribution >= 4 is 17.4 Å². The van der Waals surface area contributed by atoms with Crippen LogP contribution in [0.15, 0.2) is 30.6 Å². The quantitative estimate of drug-likeness (QED) is 0.514. The number of hydrogen-bond acceptors (Lipinski definition) is 6. The molecular formula is C32H44N8O. The summed E-state index contributed by atoms with van der Waals surface area (Å²) in [6, 6.07) is 7.26. The number of aromatic nitrogens is 4. The molecule has 41 heavy (non-hydrogen) atoms. The first-order valence-corrected chi connectivity index (χ1v) is 15.7. The molecule has 0 aliphatic carbocycles. The predicted molar refractivity (Wildman–Crippen MR) is 161 cm³/mol. The van der Waals surface area contributed by atoms with Gasteiger partial charge in [0.2, 0.25) is 5.91 Å². The molecule has 9 nitrogen and oxygen atoms in total. The SMILES string of the molecule is CC(=O)N1CCc2c(c(N3CCCc4cc(-c5cnn(C)c5)ccc43)nn2C2CCN(CC3CCNCC3)CC2)C1. The summed E-state index contributed by atoms with van der Waals surface area (Å²) >= 11 is 0. The second-order valence-corrected chi connectivity index (χ2v) is 12.6. The normalized spacial score (nSPS) is 20.7. The van der Waals surface area contributed by atoms with Crippen LogP contribution in [0.5, 0.6) is 0 Å². The highest BCUT2D eigenvalue weighted by Crippen LogP contribution is 2.40. The number of nitrogens with one attached hydrogen (secondary N) is 1. The minimum absolute atomic E-state index is 0.153. The third-order valence-electron chi connectivity index (χ3n) is 9.88. The average Bonchev–Trinajstić information content (AvgIpc) is 3.61. The van der Waals surface area contributed by atoms with Crippen molar-refractivity contribution in [2.24, 2.45) is 13.0 Å². The molecule has 4 aliphatic heterocycles. The summed E-state index contributed by atoms with van der Waals surface area (Å²) in [5.41, 5.74) is 7.60. The number of carbonyl (C=O) groups is 1. The van der Waals surface area contributed by atoms with E-state index >= 15 is 0 Å². The second-order valence-electron chi connectivity index (χ2n) is 12.6. The lowest BCUT2D eigenvalue weighted by Gasteiger charge is -2.36. The smallest absolute Gasteiger partial charge is 0.219 e. The minimum atomic E-state index is 0.153. The number of piperidine rings is 2. The maximum Gasteiger partial charge on any atom is 0.219 e. The maximum absolute atomic E-state index is 12.4. The molecule has 9 heteroatoms. The van der Waals surface area contributed by atoms with Crippen LogP contribution in [0, 0.1) is 5.92 Å². The summed E-state index contributed by atoms with van der Waals surface area (Å²) in [5, 5.41) is 13.3. The van der Waals surface area contributed by atoms with Crippen LogP contribution in [0.3, 0.4) is 0 Å². The van der Waals surface area contributed by atoms with Crippen LogP contribution in [0.4, 0.5) is 11.5 Å². The van der Waals surface area contributed by atoms with Crippen LogP contribution in [0.2, 0.25) is 0 Å². The van der Waals surface area contributed by atoms with Gasteiger partial charge < -0.3 is 20.0 Å². The van der Waals surface area contributed by atoms with Crippen molar-refractivity contribution in [3.63, 3.8) is 0 Å². The molecule has 0 spiro atoms. The lowest BCUT2D eigenvalue weighted by Crippen LogP contribution is -2.41. The first-order valence-electron chi connectivity index (χ1n) is 15.7. The predicted octanol–water partition coefficient (Wildman–Crippen LogP) is 3.91. The van der Waals surface area contributed by atoms with Gasteiger partial charge in [0.15, 0.2) is 5.82 Å². The Morgan fingerprint density at radius 3 is 2.61 bits per heavy atom. The number of benzene rings is 1. The molecule has 2 saturated heterocycles. The van der Waals surface area contributed by atoms with Crippen molar-refractivity contribution in [3.8, 4) is 11.1 Å². The van der Waals surface area contributed by atoms with Gasteiger partial charge in [-0.15, -0.1) is 0 Å². The fourth-order valence-electron chi connectivity index (χ4n) is 7.56. The van der Waals surface area contributed by atoms with E-state index in [-0.39, 0.29) is 5.91 Å². The topological polar surface area (TPSA) is 74.5 Å². The molecule has 0 saturated carbocycles. The maximum atomic E-state index is 12.4. The Morgan fingerprint density at radius 2 is 1.85 bits per heavy atom. The fraction of sp³-hybridized carbons (Fsp3) is 0.594. The van der Waals surface area contributed by atoms with Crippen LogP contribution in [0.25, 0.3) is 11.1 Å². The summed E-state index contributed by atoms with van der Waals surface area (Å²) in [5.74, 6) is 2.06. The Hall–Kier alpha value is -3.17. The third-order valence-corrected chi connectivity index (χ3v) is 9.88. The molecule has 0 bridgehead atoms. The van der Waals surface area contributed by atoms with Crippen molar-refractivity contribution in [1.82, 2.24) is 34.7 Å². The van der Waals surface area contributed by atoms with E-state index in [1.807, 2.05) is 22.8 Å². The molecule has 2 fully saturated rings. The fourth-order valence-corrected chi connectivity index (χ4v) is 7.56. The number of amides is 1. The molecule has 218 valence electrons. The van der Waals surface area contributed by atoms with Gasteiger partial charge in [0.05, 0.1) is 18.8 Å². The van der Waals surface area contributed by atoms with Gasteiger partial charge in [-0.05, 0) is 80.8 Å². The van der Waals surface area contributed by atoms with Crippen molar-refractivity contribution < 1.29 is 4.79 Å². The number of likely N-dealkylation sites (tertiary alicyclic amines) is 1. The van der Waals surface area contributed by atoms with E-state index in [1.165, 1.54) is 60.5 Å². The summed E-state index contributed by atoms with van der Waals surface area (Å²) in [4.78, 5) is 19.6. The molecule has 6 heterocycles. The van der Waals surface area contributed by atoms with E-state index in [9.17, 15) is 4.79 Å². The van der Waals surface area contributed by atoms with E-state index in [1.54, 1.807) is 6.92 Å². The second kappa shape index (κ2) is 11.2. The third kappa shape index (κ3) is 5.30. The Bertz CT molecular complexity index is 1390. The lowest BCUT2D eigenvalue weighted by molar-refractivity contribution is -0.129. The highest BCUT2D eigenvalue weighted by molar-refractivity contribution is 5.76. The number of anilines is 2. The molecule has 0 unspecified atom stereocenters. The van der Waals surface area contributed by atoms with Crippen LogP contribution < -0.4 is 10.2 Å². The molecule has 3 aromatic rings. The lowest BCUT2D eigenvalue weighted by atomic mass is 9.95. The molecule has 2 aromatic heterocycles. The molecule has 4 aliphatic rings. The zero-order valence-electron chi connectivity index (χ0n) is 24.7. The highest BCUT2D eigenvalue weighted by Gasteiger charge is 2.34. The first kappa shape index (κ1) is 26.7. The Kier molecular flexibility index (Phi) is 7.33. The van der Waals surface area contributed by atoms with Crippen LogP contribution in [0.1, 0.15) is 61.9 Å². The van der Waals surface area contributed by atoms with E-state index in [4.69, 9.17) is 5.10 Å². The molecule has 7 rings (SSSR count). The van der Waals surface area contributed by atoms with Gasteiger partial charge >= 0.3 is 0 Å². The average molecular weight is 557 g/mol. The molecule has 1 aromatic carbocycles. The standard InChI is InChI=1S/C32H44N8O/c1-23(41)38-17-11-31-29(22-38)32(35-40(31)28-9-15-37(16-10-28)20-24-7-12-33-13-8-24)39-14-3-4-26-18-25(5-6-30(26)39)27-19-34-36(2)21-27/h5-6,18-19,21,24,28,33H,3-4,7-17,20,22H2,1-2H3. The highest BCUT2D eigenvalue weighted by atomic mass is 16.2. The summed E-state index contributed by atoms with van der Waals surface area (Å²) in [6.45, 7) is 10.00. The van der Waals surface area contributed by atoms with E-state index in [2.05, 4.69) is 49.3 Å². The summed E-state index contributed by atoms with van der Waals surface area (Å²) < 4.78 is 4.25. The Balaban J connectivity index is 1.17. The summed E-state index contributed by atoms with van der Waals surface area (Å²) in [7, 11) is 1.96. The van der Waals surface area contributed by atoms with E-state index in [0.29, 0.717) is 12.6 Å². The molecule has 0 radical (unpaired) electrons. The molecular weight excluding hydrogens is 512 g/mol. The number of rotatable bonds is 5. The van der Waals surface area contributed by atoms with E-state index in [0.717, 1.165) is 75.6 Å². The Morgan fingerprint density at radius 1 is 1.02 bits per heavy atom. The van der Waals surface area contributed by atoms with Gasteiger partial charge in [-0.1, -0.05) is 6.07 Å².